The maximum Gasteiger partial charge on any atom is 0.339 e. The summed E-state index contributed by atoms with van der Waals surface area (Å²) in [7, 11) is 1.65. The van der Waals surface area contributed by atoms with E-state index in [1.807, 2.05) is 0 Å². The molecule has 1 aliphatic rings. The van der Waals surface area contributed by atoms with E-state index in [9.17, 15) is 9.59 Å². The number of ether oxygens (including phenoxy) is 1. The van der Waals surface area contributed by atoms with Gasteiger partial charge in [-0.15, -0.1) is 0 Å². The van der Waals surface area contributed by atoms with Crippen LogP contribution in [0.3, 0.4) is 0 Å². The van der Waals surface area contributed by atoms with Crippen LogP contribution in [0.25, 0.3) is 11.3 Å². The molecule has 0 atom stereocenters. The minimum atomic E-state index is -1.06. The molecule has 0 spiro atoms. The summed E-state index contributed by atoms with van der Waals surface area (Å²) in [6.45, 7) is 0.00722. The number of fused-ring (bicyclic) bond motifs is 1. The Hall–Kier alpha value is -2.83. The number of aromatic carboxylic acids is 1. The number of aromatic amines is 1. The zero-order valence-corrected chi connectivity index (χ0v) is 10.6. The Morgan fingerprint density at radius 2 is 2.30 bits per heavy atom. The summed E-state index contributed by atoms with van der Waals surface area (Å²) in [6.07, 6.45) is 1.25. The highest BCUT2D eigenvalue weighted by molar-refractivity contribution is 5.99. The molecule has 0 saturated carbocycles. The van der Waals surface area contributed by atoms with Crippen molar-refractivity contribution >= 4 is 17.6 Å². The lowest BCUT2D eigenvalue weighted by Crippen LogP contribution is -2.35. The van der Waals surface area contributed by atoms with Gasteiger partial charge >= 0.3 is 5.97 Å². The molecule has 2 heterocycles. The number of amides is 1. The second kappa shape index (κ2) is 4.37. The molecule has 0 unspecified atom stereocenters. The highest BCUT2D eigenvalue weighted by Crippen LogP contribution is 2.35. The molecule has 2 N–H and O–H groups in total. The average molecular weight is 273 g/mol. The van der Waals surface area contributed by atoms with Gasteiger partial charge in [0.05, 0.1) is 17.6 Å². The second-order valence-corrected chi connectivity index (χ2v) is 4.39. The number of hydrogen-bond donors (Lipinski definition) is 2. The average Bonchev–Trinajstić information content (AvgIpc) is 2.92. The Kier molecular flexibility index (Phi) is 2.67. The van der Waals surface area contributed by atoms with Crippen molar-refractivity contribution in [2.75, 3.05) is 18.6 Å². The first-order chi connectivity index (χ1) is 9.58. The fourth-order valence-electron chi connectivity index (χ4n) is 2.10. The van der Waals surface area contributed by atoms with Gasteiger partial charge in [0.25, 0.3) is 5.91 Å². The number of benzene rings is 1. The van der Waals surface area contributed by atoms with E-state index >= 15 is 0 Å². The number of aromatic nitrogens is 2. The van der Waals surface area contributed by atoms with E-state index in [1.165, 1.54) is 11.1 Å². The summed E-state index contributed by atoms with van der Waals surface area (Å²) >= 11 is 0. The Morgan fingerprint density at radius 1 is 1.50 bits per heavy atom. The molecule has 102 valence electrons. The SMILES string of the molecule is CN1C(=O)COc2ccc(-c3[nH]ncc3C(=O)O)cc21. The second-order valence-electron chi connectivity index (χ2n) is 4.39. The fourth-order valence-corrected chi connectivity index (χ4v) is 2.10. The molecule has 7 nitrogen and oxygen atoms in total. The lowest BCUT2D eigenvalue weighted by atomic mass is 10.1. The lowest BCUT2D eigenvalue weighted by molar-refractivity contribution is -0.120. The van der Waals surface area contributed by atoms with Crippen LogP contribution >= 0.6 is 0 Å². The van der Waals surface area contributed by atoms with E-state index in [-0.39, 0.29) is 18.1 Å². The lowest BCUT2D eigenvalue weighted by Gasteiger charge is -2.26. The zero-order valence-electron chi connectivity index (χ0n) is 10.6. The third kappa shape index (κ3) is 1.80. The molecular formula is C13H11N3O4. The van der Waals surface area contributed by atoms with Gasteiger partial charge in [0.1, 0.15) is 11.3 Å². The summed E-state index contributed by atoms with van der Waals surface area (Å²) < 4.78 is 5.32. The molecule has 3 rings (SSSR count). The van der Waals surface area contributed by atoms with Crippen LogP contribution in [0.5, 0.6) is 5.75 Å². The first kappa shape index (κ1) is 12.2. The molecule has 1 aliphatic heterocycles. The quantitative estimate of drug-likeness (QED) is 0.855. The molecule has 1 aromatic carbocycles. The number of hydrogen-bond acceptors (Lipinski definition) is 4. The van der Waals surface area contributed by atoms with Gasteiger partial charge in [-0.2, -0.15) is 5.10 Å². The van der Waals surface area contributed by atoms with Crippen molar-refractivity contribution < 1.29 is 19.4 Å². The van der Waals surface area contributed by atoms with Crippen LogP contribution in [0, 0.1) is 0 Å². The van der Waals surface area contributed by atoms with Crippen LogP contribution in [0.4, 0.5) is 5.69 Å². The van der Waals surface area contributed by atoms with Crippen LogP contribution in [0.1, 0.15) is 10.4 Å². The first-order valence-electron chi connectivity index (χ1n) is 5.88. The van der Waals surface area contributed by atoms with Gasteiger partial charge in [-0.3, -0.25) is 9.89 Å². The molecule has 0 aliphatic carbocycles. The van der Waals surface area contributed by atoms with E-state index in [0.717, 1.165) is 0 Å². The highest BCUT2D eigenvalue weighted by Gasteiger charge is 2.23. The van der Waals surface area contributed by atoms with Gasteiger partial charge in [-0.25, -0.2) is 4.79 Å². The van der Waals surface area contributed by atoms with Crippen LogP contribution in [-0.2, 0) is 4.79 Å². The fraction of sp³-hybridized carbons (Fsp3) is 0.154. The van der Waals surface area contributed by atoms with Crippen LogP contribution in [0.15, 0.2) is 24.4 Å². The van der Waals surface area contributed by atoms with E-state index in [4.69, 9.17) is 9.84 Å². The third-order valence-electron chi connectivity index (χ3n) is 3.20. The number of rotatable bonds is 2. The van der Waals surface area contributed by atoms with Gasteiger partial charge in [-0.05, 0) is 18.2 Å². The van der Waals surface area contributed by atoms with E-state index in [0.29, 0.717) is 22.7 Å². The summed E-state index contributed by atoms with van der Waals surface area (Å²) in [4.78, 5) is 24.2. The molecule has 0 radical (unpaired) electrons. The molecule has 0 fully saturated rings. The number of carboxylic acid groups (broad SMARTS) is 1. The standard InChI is InChI=1S/C13H11N3O4/c1-16-9-4-7(2-3-10(9)20-6-11(16)17)12-8(13(18)19)5-14-15-12/h2-5H,6H2,1H3,(H,14,15)(H,18,19). The van der Waals surface area contributed by atoms with Crippen molar-refractivity contribution in [2.45, 2.75) is 0 Å². The van der Waals surface area contributed by atoms with Crippen molar-refractivity contribution in [1.82, 2.24) is 10.2 Å². The number of carboxylic acids is 1. The number of nitrogens with one attached hydrogen (secondary N) is 1. The molecule has 0 saturated heterocycles. The van der Waals surface area contributed by atoms with Gasteiger partial charge in [0, 0.05) is 12.6 Å². The smallest absolute Gasteiger partial charge is 0.339 e. The van der Waals surface area contributed by atoms with Crippen molar-refractivity contribution in [2.24, 2.45) is 0 Å². The van der Waals surface area contributed by atoms with Gasteiger partial charge < -0.3 is 14.7 Å². The van der Waals surface area contributed by atoms with E-state index in [2.05, 4.69) is 10.2 Å². The Labute approximate surface area is 113 Å². The molecule has 1 aromatic heterocycles. The number of likely N-dealkylation sites (N-methyl/N-ethyl adjacent to an activating group) is 1. The third-order valence-corrected chi connectivity index (χ3v) is 3.20. The molecule has 20 heavy (non-hydrogen) atoms. The van der Waals surface area contributed by atoms with Crippen molar-refractivity contribution in [3.63, 3.8) is 0 Å². The monoisotopic (exact) mass is 273 g/mol. The highest BCUT2D eigenvalue weighted by atomic mass is 16.5. The first-order valence-corrected chi connectivity index (χ1v) is 5.88. The topological polar surface area (TPSA) is 95.5 Å². The summed E-state index contributed by atoms with van der Waals surface area (Å²) in [6, 6.07) is 5.13. The van der Waals surface area contributed by atoms with Crippen molar-refractivity contribution in [3.8, 4) is 17.0 Å². The Bertz CT molecular complexity index is 707. The van der Waals surface area contributed by atoms with Crippen LogP contribution in [-0.4, -0.2) is 40.8 Å². The number of anilines is 1. The van der Waals surface area contributed by atoms with Crippen molar-refractivity contribution in [3.05, 3.63) is 30.0 Å². The van der Waals surface area contributed by atoms with Gasteiger partial charge in [0.15, 0.2) is 6.61 Å². The van der Waals surface area contributed by atoms with Crippen LogP contribution < -0.4 is 9.64 Å². The maximum atomic E-state index is 11.6. The summed E-state index contributed by atoms with van der Waals surface area (Å²) in [5.74, 6) is -0.628. The van der Waals surface area contributed by atoms with Crippen LogP contribution in [0.2, 0.25) is 0 Å². The van der Waals surface area contributed by atoms with E-state index < -0.39 is 5.97 Å². The van der Waals surface area contributed by atoms with E-state index in [1.54, 1.807) is 25.2 Å². The minimum absolute atomic E-state index is 0.00722. The summed E-state index contributed by atoms with van der Waals surface area (Å²) in [5.41, 5.74) is 1.70. The number of carbonyl (C=O) groups excluding carboxylic acids is 1. The Balaban J connectivity index is 2.10. The summed E-state index contributed by atoms with van der Waals surface area (Å²) in [5, 5.41) is 15.5. The molecule has 0 bridgehead atoms. The molecule has 1 amide bonds. The predicted molar refractivity (Wildman–Crippen MR) is 69.9 cm³/mol. The minimum Gasteiger partial charge on any atom is -0.482 e. The molecule has 7 heteroatoms. The number of H-pyrrole nitrogens is 1. The zero-order chi connectivity index (χ0) is 14.3. The molecule has 2 aromatic rings. The predicted octanol–water partition coefficient (Wildman–Crippen LogP) is 1.13. The largest absolute Gasteiger partial charge is 0.482 e. The Morgan fingerprint density at radius 3 is 3.05 bits per heavy atom. The number of nitrogens with zero attached hydrogens (tertiary/aromatic N) is 2. The number of carbonyl (C=O) groups is 2. The van der Waals surface area contributed by atoms with Crippen molar-refractivity contribution in [1.29, 1.82) is 0 Å². The maximum absolute atomic E-state index is 11.6. The normalized spacial score (nSPS) is 13.8. The molecular weight excluding hydrogens is 262 g/mol. The van der Waals surface area contributed by atoms with Gasteiger partial charge in [0.2, 0.25) is 0 Å². The van der Waals surface area contributed by atoms with Gasteiger partial charge in [-0.1, -0.05) is 0 Å².